The molecule has 0 radical (unpaired) electrons. The molecular formula is C18H16N2O7. The number of hydrogen-bond acceptors (Lipinski definition) is 8. The van der Waals surface area contributed by atoms with E-state index in [1.54, 1.807) is 12.1 Å². The molecule has 140 valence electrons. The van der Waals surface area contributed by atoms with E-state index in [1.165, 1.54) is 44.7 Å². The van der Waals surface area contributed by atoms with Crippen LogP contribution in [0.4, 0.5) is 5.69 Å². The van der Waals surface area contributed by atoms with E-state index in [-0.39, 0.29) is 22.5 Å². The molecule has 0 atom stereocenters. The van der Waals surface area contributed by atoms with Crippen molar-refractivity contribution in [1.82, 2.24) is 4.98 Å². The largest absolute Gasteiger partial charge is 0.465 e. The molecule has 1 amide bonds. The van der Waals surface area contributed by atoms with Crippen LogP contribution in [0.1, 0.15) is 31.2 Å². The van der Waals surface area contributed by atoms with Crippen LogP contribution in [0.25, 0.3) is 0 Å². The predicted molar refractivity (Wildman–Crippen MR) is 92.3 cm³/mol. The normalized spacial score (nSPS) is 9.85. The fourth-order valence-electron chi connectivity index (χ4n) is 2.06. The second kappa shape index (κ2) is 9.09. The minimum Gasteiger partial charge on any atom is -0.465 e. The van der Waals surface area contributed by atoms with Crippen LogP contribution in [0, 0.1) is 0 Å². The van der Waals surface area contributed by atoms with Crippen LogP contribution in [-0.4, -0.2) is 49.6 Å². The summed E-state index contributed by atoms with van der Waals surface area (Å²) in [6.07, 6.45) is 1.41. The van der Waals surface area contributed by atoms with Crippen molar-refractivity contribution in [3.05, 3.63) is 59.4 Å². The molecule has 0 aliphatic carbocycles. The van der Waals surface area contributed by atoms with E-state index in [4.69, 9.17) is 4.74 Å². The highest BCUT2D eigenvalue weighted by Crippen LogP contribution is 2.19. The predicted octanol–water partition coefficient (Wildman–Crippen LogP) is 1.45. The number of aromatic nitrogens is 1. The summed E-state index contributed by atoms with van der Waals surface area (Å²) in [5, 5.41) is 2.41. The highest BCUT2D eigenvalue weighted by atomic mass is 16.5. The lowest BCUT2D eigenvalue weighted by Gasteiger charge is -2.11. The number of esters is 3. The van der Waals surface area contributed by atoms with Crippen molar-refractivity contribution in [2.45, 2.75) is 0 Å². The Morgan fingerprint density at radius 2 is 1.70 bits per heavy atom. The minimum absolute atomic E-state index is 0.0173. The number of carbonyl (C=O) groups is 4. The molecule has 1 aromatic carbocycles. The van der Waals surface area contributed by atoms with E-state index in [2.05, 4.69) is 19.8 Å². The SMILES string of the molecule is COC(=O)c1ccc(C(=O)OC)c(NC(=O)COC(=O)c2ccccn2)c1. The zero-order valence-corrected chi connectivity index (χ0v) is 14.6. The third-order valence-electron chi connectivity index (χ3n) is 3.33. The first-order chi connectivity index (χ1) is 13.0. The van der Waals surface area contributed by atoms with Gasteiger partial charge in [0.1, 0.15) is 5.69 Å². The van der Waals surface area contributed by atoms with Crippen LogP contribution in [0.5, 0.6) is 0 Å². The Morgan fingerprint density at radius 1 is 0.963 bits per heavy atom. The fraction of sp³-hybridized carbons (Fsp3) is 0.167. The maximum Gasteiger partial charge on any atom is 0.357 e. The Hall–Kier alpha value is -3.75. The number of amides is 1. The van der Waals surface area contributed by atoms with Crippen molar-refractivity contribution in [3.63, 3.8) is 0 Å². The quantitative estimate of drug-likeness (QED) is 0.597. The van der Waals surface area contributed by atoms with Gasteiger partial charge in [0, 0.05) is 6.20 Å². The minimum atomic E-state index is -0.776. The van der Waals surface area contributed by atoms with E-state index in [9.17, 15) is 19.2 Å². The van der Waals surface area contributed by atoms with Crippen LogP contribution in [-0.2, 0) is 19.0 Å². The number of rotatable bonds is 6. The van der Waals surface area contributed by atoms with Crippen LogP contribution in [0.2, 0.25) is 0 Å². The first-order valence-corrected chi connectivity index (χ1v) is 7.65. The number of methoxy groups -OCH3 is 2. The van der Waals surface area contributed by atoms with Gasteiger partial charge in [-0.25, -0.2) is 19.4 Å². The molecule has 0 fully saturated rings. The Bertz CT molecular complexity index is 865. The van der Waals surface area contributed by atoms with Gasteiger partial charge in [-0.2, -0.15) is 0 Å². The van der Waals surface area contributed by atoms with Gasteiger partial charge >= 0.3 is 17.9 Å². The van der Waals surface area contributed by atoms with Gasteiger partial charge in [-0.15, -0.1) is 0 Å². The maximum absolute atomic E-state index is 12.1. The number of carbonyl (C=O) groups excluding carboxylic acids is 4. The molecule has 0 saturated carbocycles. The third-order valence-corrected chi connectivity index (χ3v) is 3.33. The van der Waals surface area contributed by atoms with Gasteiger partial charge in [-0.1, -0.05) is 6.07 Å². The standard InChI is InChI=1S/C18H16N2O7/c1-25-16(22)11-6-7-12(17(23)26-2)14(9-11)20-15(21)10-27-18(24)13-5-3-4-8-19-13/h3-9H,10H2,1-2H3,(H,20,21). The fourth-order valence-corrected chi connectivity index (χ4v) is 2.06. The molecule has 9 nitrogen and oxygen atoms in total. The zero-order chi connectivity index (χ0) is 19.8. The summed E-state index contributed by atoms with van der Waals surface area (Å²) in [7, 11) is 2.38. The number of ether oxygens (including phenoxy) is 3. The van der Waals surface area contributed by atoms with E-state index in [1.807, 2.05) is 0 Å². The van der Waals surface area contributed by atoms with Crippen molar-refractivity contribution >= 4 is 29.5 Å². The van der Waals surface area contributed by atoms with Crippen LogP contribution < -0.4 is 5.32 Å². The van der Waals surface area contributed by atoms with Crippen molar-refractivity contribution in [2.24, 2.45) is 0 Å². The molecule has 1 N–H and O–H groups in total. The molecule has 2 aromatic rings. The second-order valence-electron chi connectivity index (χ2n) is 5.08. The summed E-state index contributed by atoms with van der Waals surface area (Å²) in [5.41, 5.74) is 0.206. The van der Waals surface area contributed by atoms with Crippen molar-refractivity contribution in [3.8, 4) is 0 Å². The van der Waals surface area contributed by atoms with Crippen LogP contribution >= 0.6 is 0 Å². The molecule has 0 aliphatic rings. The van der Waals surface area contributed by atoms with E-state index < -0.39 is 30.4 Å². The maximum atomic E-state index is 12.1. The lowest BCUT2D eigenvalue weighted by atomic mass is 10.1. The Labute approximate surface area is 154 Å². The number of anilines is 1. The number of pyridine rings is 1. The molecule has 2 rings (SSSR count). The molecular weight excluding hydrogens is 356 g/mol. The highest BCUT2D eigenvalue weighted by Gasteiger charge is 2.18. The molecule has 0 spiro atoms. The first-order valence-electron chi connectivity index (χ1n) is 7.65. The van der Waals surface area contributed by atoms with E-state index >= 15 is 0 Å². The topological polar surface area (TPSA) is 121 Å². The lowest BCUT2D eigenvalue weighted by Crippen LogP contribution is -2.23. The average Bonchev–Trinajstić information content (AvgIpc) is 2.71. The molecule has 0 aliphatic heterocycles. The monoisotopic (exact) mass is 372 g/mol. The number of hydrogen-bond donors (Lipinski definition) is 1. The van der Waals surface area contributed by atoms with Gasteiger partial charge in [-0.3, -0.25) is 4.79 Å². The van der Waals surface area contributed by atoms with E-state index in [0.717, 1.165) is 0 Å². The number of nitrogens with one attached hydrogen (secondary N) is 1. The number of nitrogens with zero attached hydrogens (tertiary/aromatic N) is 1. The van der Waals surface area contributed by atoms with Crippen LogP contribution in [0.15, 0.2) is 42.6 Å². The molecule has 1 heterocycles. The van der Waals surface area contributed by atoms with Gasteiger partial charge in [0.15, 0.2) is 6.61 Å². The van der Waals surface area contributed by atoms with E-state index in [0.29, 0.717) is 0 Å². The van der Waals surface area contributed by atoms with Gasteiger partial charge in [-0.05, 0) is 30.3 Å². The Morgan fingerprint density at radius 3 is 2.33 bits per heavy atom. The molecule has 0 unspecified atom stereocenters. The van der Waals surface area contributed by atoms with Gasteiger partial charge in [0.25, 0.3) is 5.91 Å². The van der Waals surface area contributed by atoms with Crippen LogP contribution in [0.3, 0.4) is 0 Å². The first kappa shape index (κ1) is 19.6. The Kier molecular flexibility index (Phi) is 6.59. The zero-order valence-electron chi connectivity index (χ0n) is 14.6. The smallest absolute Gasteiger partial charge is 0.357 e. The molecule has 0 bridgehead atoms. The van der Waals surface area contributed by atoms with Crippen molar-refractivity contribution < 1.29 is 33.4 Å². The summed E-state index contributed by atoms with van der Waals surface area (Å²) < 4.78 is 14.1. The third kappa shape index (κ3) is 5.11. The summed E-state index contributed by atoms with van der Waals surface area (Å²) in [5.74, 6) is -2.86. The molecule has 9 heteroatoms. The Balaban J connectivity index is 2.11. The van der Waals surface area contributed by atoms with Crippen molar-refractivity contribution in [2.75, 3.05) is 26.1 Å². The van der Waals surface area contributed by atoms with Crippen molar-refractivity contribution in [1.29, 1.82) is 0 Å². The molecule has 27 heavy (non-hydrogen) atoms. The van der Waals surface area contributed by atoms with Gasteiger partial charge in [0.2, 0.25) is 0 Å². The summed E-state index contributed by atoms with van der Waals surface area (Å²) in [6.45, 7) is -0.613. The average molecular weight is 372 g/mol. The molecule has 0 saturated heterocycles. The second-order valence-corrected chi connectivity index (χ2v) is 5.08. The lowest BCUT2D eigenvalue weighted by molar-refractivity contribution is -0.119. The van der Waals surface area contributed by atoms with Gasteiger partial charge in [0.05, 0.1) is 31.0 Å². The summed E-state index contributed by atoms with van der Waals surface area (Å²) >= 11 is 0. The number of benzene rings is 1. The summed E-state index contributed by atoms with van der Waals surface area (Å²) in [4.78, 5) is 51.2. The molecule has 1 aromatic heterocycles. The van der Waals surface area contributed by atoms with Gasteiger partial charge < -0.3 is 19.5 Å². The summed E-state index contributed by atoms with van der Waals surface area (Å²) in [6, 6.07) is 8.60. The highest BCUT2D eigenvalue weighted by molar-refractivity contribution is 6.04.